The van der Waals surface area contributed by atoms with Crippen LogP contribution >= 0.6 is 0 Å². The highest BCUT2D eigenvalue weighted by molar-refractivity contribution is 5.91. The van der Waals surface area contributed by atoms with Crippen LogP contribution in [-0.2, 0) is 0 Å². The van der Waals surface area contributed by atoms with Gasteiger partial charge in [0.2, 0.25) is 0 Å². The molecule has 6 nitrogen and oxygen atoms in total. The minimum absolute atomic E-state index is 0.0317. The van der Waals surface area contributed by atoms with Crippen LogP contribution in [0.15, 0.2) is 18.2 Å². The second-order valence-electron chi connectivity index (χ2n) is 6.37. The predicted octanol–water partition coefficient (Wildman–Crippen LogP) is 2.19. The number of ether oxygens (including phenoxy) is 1. The molecule has 26 heavy (non-hydrogen) atoms. The average molecular weight is 363 g/mol. The highest BCUT2D eigenvalue weighted by Gasteiger charge is 2.22. The maximum absolute atomic E-state index is 13.5. The standard InChI is InChI=1S/C19H26FN3O3/c1-3-11-26-18-6-5-14(20)12-17(18)22-19(25)21-15-7-9-23(10-8-15)13-16(24)4-2/h1,5-6,12,15-16,24H,4,7-11,13H2,2H3,(H2,21,22,25)/t16-/m1/s1. The Hall–Kier alpha value is -2.30. The number of likely N-dealkylation sites (tertiary alicyclic amines) is 1. The van der Waals surface area contributed by atoms with E-state index >= 15 is 0 Å². The third kappa shape index (κ3) is 6.21. The SMILES string of the molecule is C#CCOc1ccc(F)cc1NC(=O)NC1CCN(C[C@H](O)CC)CC1. The number of piperidine rings is 1. The van der Waals surface area contributed by atoms with Crippen LogP contribution in [0.3, 0.4) is 0 Å². The fourth-order valence-corrected chi connectivity index (χ4v) is 2.88. The van der Waals surface area contributed by atoms with Gasteiger partial charge in [-0.2, -0.15) is 0 Å². The summed E-state index contributed by atoms with van der Waals surface area (Å²) < 4.78 is 18.8. The summed E-state index contributed by atoms with van der Waals surface area (Å²) in [6.45, 7) is 4.28. The number of rotatable bonds is 7. The highest BCUT2D eigenvalue weighted by Crippen LogP contribution is 2.25. The molecule has 142 valence electrons. The number of nitrogens with one attached hydrogen (secondary N) is 2. The van der Waals surface area contributed by atoms with Crippen LogP contribution in [0.25, 0.3) is 0 Å². The van der Waals surface area contributed by atoms with E-state index in [2.05, 4.69) is 21.5 Å². The summed E-state index contributed by atoms with van der Waals surface area (Å²) in [5, 5.41) is 15.2. The predicted molar refractivity (Wildman–Crippen MR) is 98.6 cm³/mol. The summed E-state index contributed by atoms with van der Waals surface area (Å²) in [6.07, 6.45) is 7.19. The van der Waals surface area contributed by atoms with Gasteiger partial charge in [0.15, 0.2) is 0 Å². The largest absolute Gasteiger partial charge is 0.479 e. The first-order valence-corrected chi connectivity index (χ1v) is 8.85. The zero-order valence-corrected chi connectivity index (χ0v) is 15.0. The van der Waals surface area contributed by atoms with Crippen molar-refractivity contribution in [3.05, 3.63) is 24.0 Å². The molecular weight excluding hydrogens is 337 g/mol. The topological polar surface area (TPSA) is 73.8 Å². The summed E-state index contributed by atoms with van der Waals surface area (Å²) in [7, 11) is 0. The zero-order chi connectivity index (χ0) is 18.9. The lowest BCUT2D eigenvalue weighted by Gasteiger charge is -2.33. The molecule has 1 atom stereocenters. The molecular formula is C19H26FN3O3. The summed E-state index contributed by atoms with van der Waals surface area (Å²) in [4.78, 5) is 14.4. The molecule has 2 rings (SSSR count). The van der Waals surface area contributed by atoms with Crippen molar-refractivity contribution < 1.29 is 19.0 Å². The number of carbonyl (C=O) groups is 1. The van der Waals surface area contributed by atoms with Crippen molar-refractivity contribution in [2.45, 2.75) is 38.3 Å². The van der Waals surface area contributed by atoms with Gasteiger partial charge in [0.05, 0.1) is 11.8 Å². The number of nitrogens with zero attached hydrogens (tertiary/aromatic N) is 1. The molecule has 0 spiro atoms. The molecule has 0 aliphatic carbocycles. The number of urea groups is 1. The minimum Gasteiger partial charge on any atom is -0.479 e. The monoisotopic (exact) mass is 363 g/mol. The molecule has 0 aromatic heterocycles. The van der Waals surface area contributed by atoms with E-state index in [4.69, 9.17) is 11.2 Å². The van der Waals surface area contributed by atoms with Crippen molar-refractivity contribution in [1.82, 2.24) is 10.2 Å². The van der Waals surface area contributed by atoms with E-state index in [9.17, 15) is 14.3 Å². The van der Waals surface area contributed by atoms with Gasteiger partial charge in [-0.15, -0.1) is 6.42 Å². The third-order valence-electron chi connectivity index (χ3n) is 4.36. The van der Waals surface area contributed by atoms with Crippen LogP contribution in [0.4, 0.5) is 14.9 Å². The molecule has 1 fully saturated rings. The first-order chi connectivity index (χ1) is 12.5. The van der Waals surface area contributed by atoms with Gasteiger partial charge < -0.3 is 25.4 Å². The Bertz CT molecular complexity index is 639. The molecule has 0 radical (unpaired) electrons. The number of benzene rings is 1. The van der Waals surface area contributed by atoms with Crippen molar-refractivity contribution in [3.63, 3.8) is 0 Å². The number of aliphatic hydroxyl groups excluding tert-OH is 1. The number of carbonyl (C=O) groups excluding carboxylic acids is 1. The summed E-state index contributed by atoms with van der Waals surface area (Å²) in [5.41, 5.74) is 0.237. The van der Waals surface area contributed by atoms with Crippen molar-refractivity contribution in [3.8, 4) is 18.1 Å². The number of amides is 2. The van der Waals surface area contributed by atoms with E-state index in [0.29, 0.717) is 12.3 Å². The third-order valence-corrected chi connectivity index (χ3v) is 4.36. The molecule has 1 saturated heterocycles. The van der Waals surface area contributed by atoms with Crippen LogP contribution in [-0.4, -0.2) is 54.4 Å². The number of terminal acetylenes is 1. The Kier molecular flexibility index (Phi) is 7.70. The number of β-amino-alcohol motifs (C(OH)–C–C–N with tert-alkyl or cyclic N) is 1. The van der Waals surface area contributed by atoms with Crippen LogP contribution in [0.5, 0.6) is 5.75 Å². The Balaban J connectivity index is 1.84. The summed E-state index contributed by atoms with van der Waals surface area (Å²) in [5.74, 6) is 2.18. The quantitative estimate of drug-likeness (QED) is 0.650. The molecule has 0 unspecified atom stereocenters. The van der Waals surface area contributed by atoms with Crippen molar-refractivity contribution in [2.75, 3.05) is 31.6 Å². The van der Waals surface area contributed by atoms with Gasteiger partial charge in [-0.1, -0.05) is 12.8 Å². The zero-order valence-electron chi connectivity index (χ0n) is 15.0. The van der Waals surface area contributed by atoms with E-state index in [-0.39, 0.29) is 24.4 Å². The van der Waals surface area contributed by atoms with Gasteiger partial charge in [0.25, 0.3) is 0 Å². The molecule has 2 amide bonds. The minimum atomic E-state index is -0.476. The molecule has 1 heterocycles. The van der Waals surface area contributed by atoms with Crippen LogP contribution < -0.4 is 15.4 Å². The van der Waals surface area contributed by atoms with Gasteiger partial charge >= 0.3 is 6.03 Å². The molecule has 1 aromatic carbocycles. The van der Waals surface area contributed by atoms with Gasteiger partial charge in [-0.3, -0.25) is 0 Å². The van der Waals surface area contributed by atoms with Gasteiger partial charge in [-0.05, 0) is 31.4 Å². The van der Waals surface area contributed by atoms with Crippen molar-refractivity contribution in [2.24, 2.45) is 0 Å². The molecule has 1 aromatic rings. The fraction of sp³-hybridized carbons (Fsp3) is 0.526. The molecule has 0 bridgehead atoms. The van der Waals surface area contributed by atoms with Gasteiger partial charge in [0.1, 0.15) is 18.2 Å². The molecule has 1 aliphatic heterocycles. The first kappa shape index (κ1) is 20.0. The maximum atomic E-state index is 13.5. The Morgan fingerprint density at radius 3 is 2.88 bits per heavy atom. The van der Waals surface area contributed by atoms with E-state index in [1.54, 1.807) is 0 Å². The lowest BCUT2D eigenvalue weighted by molar-refractivity contribution is 0.0925. The number of aliphatic hydroxyl groups is 1. The summed E-state index contributed by atoms with van der Waals surface area (Å²) in [6, 6.07) is 3.50. The van der Waals surface area contributed by atoms with Gasteiger partial charge in [0, 0.05) is 31.7 Å². The molecule has 1 aliphatic rings. The van der Waals surface area contributed by atoms with Crippen LogP contribution in [0, 0.1) is 18.2 Å². The number of hydrogen-bond acceptors (Lipinski definition) is 4. The number of halogens is 1. The molecule has 7 heteroatoms. The molecule has 0 saturated carbocycles. The maximum Gasteiger partial charge on any atom is 0.319 e. The summed E-state index contributed by atoms with van der Waals surface area (Å²) >= 11 is 0. The number of anilines is 1. The lowest BCUT2D eigenvalue weighted by atomic mass is 10.0. The Morgan fingerprint density at radius 1 is 1.50 bits per heavy atom. The molecule has 3 N–H and O–H groups in total. The lowest BCUT2D eigenvalue weighted by Crippen LogP contribution is -2.47. The highest BCUT2D eigenvalue weighted by atomic mass is 19.1. The van der Waals surface area contributed by atoms with E-state index < -0.39 is 11.8 Å². The number of hydrogen-bond donors (Lipinski definition) is 3. The van der Waals surface area contributed by atoms with Crippen molar-refractivity contribution in [1.29, 1.82) is 0 Å². The van der Waals surface area contributed by atoms with Crippen LogP contribution in [0.2, 0.25) is 0 Å². The Labute approximate surface area is 153 Å². The second-order valence-corrected chi connectivity index (χ2v) is 6.37. The van der Waals surface area contributed by atoms with Crippen LogP contribution in [0.1, 0.15) is 26.2 Å². The average Bonchev–Trinajstić information content (AvgIpc) is 2.62. The van der Waals surface area contributed by atoms with Gasteiger partial charge in [-0.25, -0.2) is 9.18 Å². The van der Waals surface area contributed by atoms with E-state index in [1.165, 1.54) is 18.2 Å². The van der Waals surface area contributed by atoms with Crippen molar-refractivity contribution >= 4 is 11.7 Å². The normalized spacial score (nSPS) is 16.5. The fourth-order valence-electron chi connectivity index (χ4n) is 2.88. The first-order valence-electron chi connectivity index (χ1n) is 8.85. The second kappa shape index (κ2) is 10.00. The Morgan fingerprint density at radius 2 is 2.23 bits per heavy atom. The smallest absolute Gasteiger partial charge is 0.319 e. The van der Waals surface area contributed by atoms with E-state index in [1.807, 2.05) is 6.92 Å². The van der Waals surface area contributed by atoms with E-state index in [0.717, 1.165) is 32.4 Å².